The number of nitrogens with zero attached hydrogens (tertiary/aromatic N) is 7. The molecule has 34 heteroatoms. The summed E-state index contributed by atoms with van der Waals surface area (Å²) in [5.41, 5.74) is 9.37. The first-order valence-corrected chi connectivity index (χ1v) is 45.4. The number of carbonyl (C=O) groups excluding carboxylic acids is 8. The second-order valence-corrected chi connectivity index (χ2v) is 36.3. The molecule has 12 aliphatic rings. The molecule has 8 aliphatic heterocycles. The summed E-state index contributed by atoms with van der Waals surface area (Å²) in [6, 6.07) is 38.5. The fourth-order valence-electron chi connectivity index (χ4n) is 19.8. The van der Waals surface area contributed by atoms with Gasteiger partial charge in [0.05, 0.1) is 5.56 Å². The number of pyridine rings is 7. The van der Waals surface area contributed by atoms with E-state index in [4.69, 9.17) is 49.5 Å². The molecule has 0 spiro atoms. The average Bonchev–Trinajstić information content (AvgIpc) is 1.57. The van der Waals surface area contributed by atoms with Gasteiger partial charge in [-0.3, -0.25) is 53.3 Å². The van der Waals surface area contributed by atoms with Crippen LogP contribution in [0.15, 0.2) is 189 Å². The molecule has 24 rings (SSSR count). The molecule has 137 heavy (non-hydrogen) atoms. The summed E-state index contributed by atoms with van der Waals surface area (Å²) < 4.78 is 128. The minimum atomic E-state index is -4.46. The van der Waals surface area contributed by atoms with Crippen molar-refractivity contribution in [2.75, 3.05) is 21.3 Å². The standard InChI is InChI=1S/C26H20F3N3O4.C26H19F3N2O4.C26H23N3O4.C25H20ClN3O4/c27-26(28,29)13-1-2-14(31-12-13)9-15(33)10-19-23-18-11-16(3-5-20(18)36-24(19)23)35-21-7-8-30-25-17(21)4-6-22(34)32-25;27-12-7-19(28)16(20(29)8-12)9-13(32)10-18-24-17-11-14(1-3-21(17)35-25(18)24)34-22-5-6-30-26-15(22)2-4-23(33)31-26;1-14-6-8-27-13-15(14)10-16(30)11-20-24-19-12-17(2-4-21(19)33-25(20)24)32-22-7-9-28-26-18(22)3-5-23(31)29-26;26-13-5-7-27-14(9-13)10-15(30)11-19-23-18-12-16(1-3-20(18)33-24(19)23)32-21-6-8-28-25-17(21)2-4-22(31)29-25/h1-3,5,7-8,11-12,19,23-24H,4,6,9-10H2,(H,30,32,34);1,3,5-8,11,18,24-25H,2,4,9-10H2,(H,30,31,33);2,4,6-9,12-13,20,24-25H,3,5,10-11H2,1H3,(H,28,29,31);1,3,5-9,12,19,23-24H,2,4,10-11H2,(H,28,29,31)/t19-,23-,24+;18-,24-,25+;20-,24-,25+;19-,23-,24+/m0000/s1. The molecule has 4 saturated carbocycles. The van der Waals surface area contributed by atoms with Crippen LogP contribution in [0.5, 0.6) is 69.0 Å². The van der Waals surface area contributed by atoms with Gasteiger partial charge in [0.25, 0.3) is 0 Å². The summed E-state index contributed by atoms with van der Waals surface area (Å²) in [6.45, 7) is 2.00. The first-order chi connectivity index (χ1) is 66.2. The Bertz CT molecular complexity index is 6970. The molecule has 0 saturated heterocycles. The monoisotopic (exact) mass is 1880 g/mol. The van der Waals surface area contributed by atoms with Crippen LogP contribution in [0.1, 0.15) is 153 Å². The zero-order valence-electron chi connectivity index (χ0n) is 72.9. The summed E-state index contributed by atoms with van der Waals surface area (Å²) in [5.74, 6) is 7.91. The van der Waals surface area contributed by atoms with Gasteiger partial charge in [0.1, 0.15) is 157 Å². The molecule has 12 aromatic rings. The minimum Gasteiger partial charge on any atom is -0.489 e. The number of hydrogen-bond donors (Lipinski definition) is 4. The molecular formula is C103H82ClF6N11O16. The maximum atomic E-state index is 13.9. The number of aromatic nitrogens is 7. The van der Waals surface area contributed by atoms with Crippen molar-refractivity contribution in [2.45, 2.75) is 164 Å². The lowest BCUT2D eigenvalue weighted by molar-refractivity contribution is -0.138. The van der Waals surface area contributed by atoms with Crippen molar-refractivity contribution >= 4 is 81.6 Å². The van der Waals surface area contributed by atoms with Crippen LogP contribution in [-0.2, 0) is 95.9 Å². The fraction of sp³-hybridized carbons (Fsp3) is 0.291. The third-order valence-corrected chi connectivity index (χ3v) is 27.0. The van der Waals surface area contributed by atoms with Crippen molar-refractivity contribution in [3.8, 4) is 69.0 Å². The van der Waals surface area contributed by atoms with Crippen LogP contribution in [0.4, 0.5) is 49.6 Å². The number of aryl methyl sites for hydroxylation is 1. The Morgan fingerprint density at radius 3 is 1.08 bits per heavy atom. The predicted octanol–water partition coefficient (Wildman–Crippen LogP) is 18.3. The number of fused-ring (bicyclic) bond motifs is 16. The van der Waals surface area contributed by atoms with Crippen LogP contribution in [0, 0.1) is 48.0 Å². The lowest BCUT2D eigenvalue weighted by Crippen LogP contribution is -2.20. The zero-order chi connectivity index (χ0) is 94.3. The molecule has 27 nitrogen and oxygen atoms in total. The largest absolute Gasteiger partial charge is 0.489 e. The van der Waals surface area contributed by atoms with Gasteiger partial charge in [0.15, 0.2) is 0 Å². The summed E-state index contributed by atoms with van der Waals surface area (Å²) in [6.07, 6.45) is 13.1. The lowest BCUT2D eigenvalue weighted by Gasteiger charge is -2.19. The number of ketones is 4. The van der Waals surface area contributed by atoms with Crippen molar-refractivity contribution in [3.63, 3.8) is 0 Å². The third kappa shape index (κ3) is 18.8. The van der Waals surface area contributed by atoms with E-state index in [2.05, 4.69) is 56.2 Å². The number of rotatable bonds is 24. The molecule has 4 fully saturated rings. The number of Topliss-reactive ketones (excluding diaryl/α,β-unsaturated/α-hetero) is 4. The lowest BCUT2D eigenvalue weighted by atomic mass is 10.0. The average molecular weight is 1880 g/mol. The Labute approximate surface area is 782 Å². The number of nitrogens with one attached hydrogen (secondary N) is 4. The van der Waals surface area contributed by atoms with Crippen LogP contribution < -0.4 is 59.2 Å². The molecule has 0 radical (unpaired) electrons. The van der Waals surface area contributed by atoms with Crippen molar-refractivity contribution in [1.82, 2.24) is 34.9 Å². The first kappa shape index (κ1) is 88.6. The maximum Gasteiger partial charge on any atom is 0.417 e. The Morgan fingerprint density at radius 2 is 0.737 bits per heavy atom. The van der Waals surface area contributed by atoms with Gasteiger partial charge in [-0.25, -0.2) is 33.1 Å². The molecule has 5 aromatic carbocycles. The topological polar surface area (TPSA) is 349 Å². The molecule has 15 heterocycles. The molecule has 4 aliphatic carbocycles. The van der Waals surface area contributed by atoms with Gasteiger partial charge in [0, 0.05) is 253 Å². The van der Waals surface area contributed by atoms with Gasteiger partial charge in [-0.15, -0.1) is 0 Å². The molecule has 7 aromatic heterocycles. The van der Waals surface area contributed by atoms with Gasteiger partial charge in [-0.1, -0.05) is 11.6 Å². The highest BCUT2D eigenvalue weighted by Crippen LogP contribution is 2.64. The second kappa shape index (κ2) is 36.3. The number of anilines is 4. The van der Waals surface area contributed by atoms with Gasteiger partial charge in [-0.2, -0.15) is 13.2 Å². The van der Waals surface area contributed by atoms with Gasteiger partial charge in [-0.05, 0) is 171 Å². The second-order valence-electron chi connectivity index (χ2n) is 35.9. The first-order valence-electron chi connectivity index (χ1n) is 45.0. The van der Waals surface area contributed by atoms with E-state index in [9.17, 15) is 64.7 Å². The van der Waals surface area contributed by atoms with E-state index < -0.39 is 41.2 Å². The van der Waals surface area contributed by atoms with E-state index in [-0.39, 0.29) is 144 Å². The smallest absolute Gasteiger partial charge is 0.417 e. The normalized spacial score (nSPS) is 21.6. The van der Waals surface area contributed by atoms with Crippen LogP contribution >= 0.6 is 11.6 Å². The Kier molecular flexibility index (Phi) is 23.5. The van der Waals surface area contributed by atoms with E-state index in [1.54, 1.807) is 73.7 Å². The number of ether oxygens (including phenoxy) is 8. The van der Waals surface area contributed by atoms with Crippen LogP contribution in [-0.4, -0.2) is 106 Å². The Morgan fingerprint density at radius 1 is 0.387 bits per heavy atom. The summed E-state index contributed by atoms with van der Waals surface area (Å²) in [5, 5.41) is 11.7. The van der Waals surface area contributed by atoms with Crippen molar-refractivity contribution < 1.29 is 103 Å². The number of alkyl halides is 3. The highest BCUT2D eigenvalue weighted by molar-refractivity contribution is 6.30. The molecular weight excluding hydrogens is 1800 g/mol. The zero-order valence-corrected chi connectivity index (χ0v) is 73.7. The summed E-state index contributed by atoms with van der Waals surface area (Å²) in [7, 11) is 0. The molecule has 4 amide bonds. The van der Waals surface area contributed by atoms with E-state index in [1.165, 1.54) is 6.07 Å². The van der Waals surface area contributed by atoms with Crippen molar-refractivity contribution in [3.05, 3.63) is 290 Å². The molecule has 0 bridgehead atoms. The molecule has 4 N–H and O–H groups in total. The summed E-state index contributed by atoms with van der Waals surface area (Å²) >= 11 is 5.99. The predicted molar refractivity (Wildman–Crippen MR) is 480 cm³/mol. The van der Waals surface area contributed by atoms with Crippen molar-refractivity contribution in [2.24, 2.45) is 23.7 Å². The van der Waals surface area contributed by atoms with Gasteiger partial charge in [0.2, 0.25) is 23.6 Å². The number of carbonyl (C=O) groups is 8. The Hall–Kier alpha value is -15.0. The van der Waals surface area contributed by atoms with Crippen LogP contribution in [0.2, 0.25) is 5.02 Å². The maximum absolute atomic E-state index is 13.9. The van der Waals surface area contributed by atoms with E-state index in [0.717, 1.165) is 90.9 Å². The molecule has 694 valence electrons. The van der Waals surface area contributed by atoms with E-state index in [0.29, 0.717) is 168 Å². The third-order valence-electron chi connectivity index (χ3n) is 26.8. The Balaban J connectivity index is 0.000000109. The summed E-state index contributed by atoms with van der Waals surface area (Å²) in [4.78, 5) is 126. The van der Waals surface area contributed by atoms with E-state index >= 15 is 0 Å². The minimum absolute atomic E-state index is 0.00828. The fourth-order valence-corrected chi connectivity index (χ4v) is 20.0. The number of hydrogen-bond acceptors (Lipinski definition) is 23. The number of amides is 4. The van der Waals surface area contributed by atoms with E-state index in [1.807, 2.05) is 91.9 Å². The van der Waals surface area contributed by atoms with Gasteiger partial charge < -0.3 is 59.2 Å². The number of benzene rings is 5. The highest BCUT2D eigenvalue weighted by atomic mass is 35.5. The quantitative estimate of drug-likeness (QED) is 0.0408. The van der Waals surface area contributed by atoms with Gasteiger partial charge >= 0.3 is 6.18 Å². The highest BCUT2D eigenvalue weighted by Gasteiger charge is 2.62. The molecule has 12 atom stereocenters. The van der Waals surface area contributed by atoms with Crippen molar-refractivity contribution in [1.29, 1.82) is 0 Å². The van der Waals surface area contributed by atoms with Crippen LogP contribution in [0.3, 0.4) is 0 Å². The molecule has 0 unspecified atom stereocenters. The SMILES string of the molecule is Cc1ccncc1CC(=O)C[C@@H]1[C@H]2Oc3ccc(Oc4ccnc5c4CCC(=O)N5)cc3[C@@H]12.O=C(Cc1c(F)cc(F)cc1F)C[C@@H]1[C@H]2Oc3ccc(Oc4ccnc5c4CCC(=O)N5)cc3[C@@H]12.O=C(Cc1cc(Cl)ccn1)C[C@@H]1[C@H]2Oc3ccc(Oc4ccnc5c4CCC(=O)N5)cc3[C@@H]12.O=C(Cc1ccc(C(F)(F)F)cn1)C[C@@H]1[C@H]2Oc3ccc(Oc4ccnc5c4CCC(=O)N5)cc3[C@@H]12. The van der Waals surface area contributed by atoms with Crippen LogP contribution in [0.25, 0.3) is 0 Å². The number of halogens is 7.